The topological polar surface area (TPSA) is 106 Å². The summed E-state index contributed by atoms with van der Waals surface area (Å²) in [6.07, 6.45) is 1.86. The first kappa shape index (κ1) is 24.9. The first-order valence-corrected chi connectivity index (χ1v) is 12.9. The molecule has 0 spiro atoms. The van der Waals surface area contributed by atoms with Crippen molar-refractivity contribution in [2.75, 3.05) is 24.2 Å². The van der Waals surface area contributed by atoms with Gasteiger partial charge in [0.05, 0.1) is 11.7 Å². The lowest BCUT2D eigenvalue weighted by Gasteiger charge is -2.31. The average molecular weight is 493 g/mol. The Hall–Kier alpha value is -3.17. The van der Waals surface area contributed by atoms with Crippen LogP contribution in [0.5, 0.6) is 0 Å². The summed E-state index contributed by atoms with van der Waals surface area (Å²) < 4.78 is 2.03. The number of rotatable bonds is 9. The number of hydrogen-bond donors (Lipinski definition) is 2. The molecular formula is C26H32N6O2S. The number of thioether (sulfide) groups is 1. The number of anilines is 1. The largest absolute Gasteiger partial charge is 0.369 e. The van der Waals surface area contributed by atoms with Crippen LogP contribution in [0.2, 0.25) is 0 Å². The van der Waals surface area contributed by atoms with Gasteiger partial charge in [-0.1, -0.05) is 47.7 Å². The van der Waals surface area contributed by atoms with Crippen LogP contribution in [0.15, 0.2) is 53.7 Å². The Morgan fingerprint density at radius 3 is 2.69 bits per heavy atom. The fourth-order valence-corrected chi connectivity index (χ4v) is 5.19. The molecule has 1 aliphatic rings. The van der Waals surface area contributed by atoms with Crippen molar-refractivity contribution in [2.45, 2.75) is 44.9 Å². The number of benzene rings is 2. The molecule has 8 nitrogen and oxygen atoms in total. The lowest BCUT2D eigenvalue weighted by atomic mass is 9.97. The first-order valence-electron chi connectivity index (χ1n) is 12.0. The maximum absolute atomic E-state index is 12.6. The van der Waals surface area contributed by atoms with Crippen molar-refractivity contribution in [2.24, 2.45) is 11.7 Å². The van der Waals surface area contributed by atoms with E-state index in [1.54, 1.807) is 0 Å². The molecule has 0 radical (unpaired) electrons. The molecule has 1 aromatic heterocycles. The minimum absolute atomic E-state index is 0.0637. The Labute approximate surface area is 210 Å². The van der Waals surface area contributed by atoms with E-state index in [2.05, 4.69) is 39.5 Å². The van der Waals surface area contributed by atoms with Crippen LogP contribution < -0.4 is 11.1 Å². The summed E-state index contributed by atoms with van der Waals surface area (Å²) in [5.74, 6) is 0.687. The van der Waals surface area contributed by atoms with Crippen LogP contribution in [-0.2, 0) is 22.7 Å². The minimum atomic E-state index is -0.214. The molecule has 3 aromatic rings. The molecule has 35 heavy (non-hydrogen) atoms. The SMILES string of the molecule is CCn1c(SCC(=O)Nc2ccc(CN3CCCC(C(N)=O)C3)cc2)nnc1-c1cccc(C)c1. The summed E-state index contributed by atoms with van der Waals surface area (Å²) >= 11 is 1.38. The van der Waals surface area contributed by atoms with Crippen LogP contribution in [-0.4, -0.2) is 50.3 Å². The number of piperidine rings is 1. The van der Waals surface area contributed by atoms with Crippen LogP contribution in [0.3, 0.4) is 0 Å². The number of nitrogens with two attached hydrogens (primary N) is 1. The number of nitrogens with zero attached hydrogens (tertiary/aromatic N) is 4. The van der Waals surface area contributed by atoms with Gasteiger partial charge in [0.2, 0.25) is 11.8 Å². The zero-order chi connectivity index (χ0) is 24.8. The lowest BCUT2D eigenvalue weighted by molar-refractivity contribution is -0.123. The van der Waals surface area contributed by atoms with E-state index < -0.39 is 0 Å². The van der Waals surface area contributed by atoms with Gasteiger partial charge in [0.15, 0.2) is 11.0 Å². The zero-order valence-corrected chi connectivity index (χ0v) is 21.1. The van der Waals surface area contributed by atoms with Gasteiger partial charge in [-0.3, -0.25) is 14.5 Å². The molecule has 4 rings (SSSR count). The van der Waals surface area contributed by atoms with Crippen molar-refractivity contribution in [3.8, 4) is 11.4 Å². The average Bonchev–Trinajstić information content (AvgIpc) is 3.27. The molecule has 2 heterocycles. The maximum atomic E-state index is 12.6. The van der Waals surface area contributed by atoms with Gasteiger partial charge in [-0.05, 0) is 57.0 Å². The quantitative estimate of drug-likeness (QED) is 0.441. The maximum Gasteiger partial charge on any atom is 0.234 e. The molecule has 3 N–H and O–H groups in total. The Kier molecular flexibility index (Phi) is 8.20. The summed E-state index contributed by atoms with van der Waals surface area (Å²) in [5.41, 5.74) is 9.56. The highest BCUT2D eigenvalue weighted by Gasteiger charge is 2.23. The van der Waals surface area contributed by atoms with E-state index in [9.17, 15) is 9.59 Å². The van der Waals surface area contributed by atoms with Gasteiger partial charge < -0.3 is 15.6 Å². The van der Waals surface area contributed by atoms with E-state index in [0.29, 0.717) is 6.54 Å². The van der Waals surface area contributed by atoms with Gasteiger partial charge in [-0.15, -0.1) is 10.2 Å². The van der Waals surface area contributed by atoms with E-state index in [4.69, 9.17) is 5.73 Å². The van der Waals surface area contributed by atoms with E-state index in [0.717, 1.165) is 60.3 Å². The number of aromatic nitrogens is 3. The fourth-order valence-electron chi connectivity index (χ4n) is 4.39. The van der Waals surface area contributed by atoms with Crippen LogP contribution in [0.25, 0.3) is 11.4 Å². The second kappa shape index (κ2) is 11.5. The van der Waals surface area contributed by atoms with Gasteiger partial charge in [-0.2, -0.15) is 0 Å². The first-order chi connectivity index (χ1) is 16.9. The summed E-state index contributed by atoms with van der Waals surface area (Å²) in [6.45, 7) is 7.26. The minimum Gasteiger partial charge on any atom is -0.369 e. The van der Waals surface area contributed by atoms with Crippen LogP contribution >= 0.6 is 11.8 Å². The second-order valence-corrected chi connectivity index (χ2v) is 9.87. The predicted octanol–water partition coefficient (Wildman–Crippen LogP) is 3.70. The molecule has 0 saturated carbocycles. The Morgan fingerprint density at radius 1 is 1.17 bits per heavy atom. The van der Waals surface area contributed by atoms with Crippen molar-refractivity contribution < 1.29 is 9.59 Å². The van der Waals surface area contributed by atoms with Gasteiger partial charge in [0.25, 0.3) is 0 Å². The standard InChI is InChI=1S/C26H32N6O2S/c1-3-32-25(20-7-4-6-18(2)14-20)29-30-26(32)35-17-23(33)28-22-11-9-19(10-12-22)15-31-13-5-8-21(16-31)24(27)34/h4,6-7,9-12,14,21H,3,5,8,13,15-17H2,1-2H3,(H2,27,34)(H,28,33). The monoisotopic (exact) mass is 492 g/mol. The summed E-state index contributed by atoms with van der Waals surface area (Å²) in [6, 6.07) is 16.0. The molecular weight excluding hydrogens is 460 g/mol. The smallest absolute Gasteiger partial charge is 0.234 e. The molecule has 2 aromatic carbocycles. The van der Waals surface area contributed by atoms with E-state index in [-0.39, 0.29) is 23.5 Å². The van der Waals surface area contributed by atoms with E-state index in [1.165, 1.54) is 17.3 Å². The number of primary amides is 1. The Morgan fingerprint density at radius 2 is 1.97 bits per heavy atom. The molecule has 0 aliphatic carbocycles. The van der Waals surface area contributed by atoms with Gasteiger partial charge in [0.1, 0.15) is 0 Å². The number of amides is 2. The third-order valence-corrected chi connectivity index (χ3v) is 7.16. The molecule has 1 unspecified atom stereocenters. The van der Waals surface area contributed by atoms with Crippen molar-refractivity contribution in [1.82, 2.24) is 19.7 Å². The number of likely N-dealkylation sites (tertiary alicyclic amines) is 1. The molecule has 1 fully saturated rings. The number of aryl methyl sites for hydroxylation is 1. The number of nitrogens with one attached hydrogen (secondary N) is 1. The molecule has 184 valence electrons. The highest BCUT2D eigenvalue weighted by molar-refractivity contribution is 7.99. The summed E-state index contributed by atoms with van der Waals surface area (Å²) in [5, 5.41) is 12.4. The van der Waals surface area contributed by atoms with Crippen LogP contribution in [0.1, 0.15) is 30.9 Å². The van der Waals surface area contributed by atoms with E-state index >= 15 is 0 Å². The molecule has 9 heteroatoms. The lowest BCUT2D eigenvalue weighted by Crippen LogP contribution is -2.40. The van der Waals surface area contributed by atoms with E-state index in [1.807, 2.05) is 47.9 Å². The third kappa shape index (κ3) is 6.49. The van der Waals surface area contributed by atoms with Crippen molar-refractivity contribution in [3.63, 3.8) is 0 Å². The molecule has 1 aliphatic heterocycles. The number of carbonyl (C=O) groups excluding carboxylic acids is 2. The molecule has 1 atom stereocenters. The normalized spacial score (nSPS) is 16.2. The summed E-state index contributed by atoms with van der Waals surface area (Å²) in [4.78, 5) is 26.3. The molecule has 0 bridgehead atoms. The van der Waals surface area contributed by atoms with Gasteiger partial charge in [-0.25, -0.2) is 0 Å². The van der Waals surface area contributed by atoms with Crippen LogP contribution in [0, 0.1) is 12.8 Å². The van der Waals surface area contributed by atoms with Crippen molar-refractivity contribution in [3.05, 3.63) is 59.7 Å². The zero-order valence-electron chi connectivity index (χ0n) is 20.2. The highest BCUT2D eigenvalue weighted by Crippen LogP contribution is 2.25. The summed E-state index contributed by atoms with van der Waals surface area (Å²) in [7, 11) is 0. The molecule has 1 saturated heterocycles. The van der Waals surface area contributed by atoms with Crippen molar-refractivity contribution in [1.29, 1.82) is 0 Å². The second-order valence-electron chi connectivity index (χ2n) is 8.93. The Bertz CT molecular complexity index is 1180. The number of carbonyl (C=O) groups is 2. The van der Waals surface area contributed by atoms with Gasteiger partial charge in [0, 0.05) is 30.9 Å². The Balaban J connectivity index is 1.30. The van der Waals surface area contributed by atoms with Crippen LogP contribution in [0.4, 0.5) is 5.69 Å². The fraction of sp³-hybridized carbons (Fsp3) is 0.385. The molecule has 2 amide bonds. The van der Waals surface area contributed by atoms with Crippen molar-refractivity contribution >= 4 is 29.3 Å². The van der Waals surface area contributed by atoms with Gasteiger partial charge >= 0.3 is 0 Å². The highest BCUT2D eigenvalue weighted by atomic mass is 32.2. The third-order valence-electron chi connectivity index (χ3n) is 6.19. The number of hydrogen-bond acceptors (Lipinski definition) is 6. The predicted molar refractivity (Wildman–Crippen MR) is 139 cm³/mol.